The van der Waals surface area contributed by atoms with Gasteiger partial charge in [0.1, 0.15) is 11.6 Å². The molecule has 0 spiro atoms. The minimum atomic E-state index is 0.567. The zero-order valence-electron chi connectivity index (χ0n) is 13.6. The first-order valence-electron chi connectivity index (χ1n) is 8.49. The monoisotopic (exact) mass is 401 g/mol. The van der Waals surface area contributed by atoms with E-state index in [0.717, 1.165) is 30.5 Å². The van der Waals surface area contributed by atoms with E-state index < -0.39 is 0 Å². The molecule has 1 aromatic rings. The van der Waals surface area contributed by atoms with E-state index in [2.05, 4.69) is 48.7 Å². The van der Waals surface area contributed by atoms with Gasteiger partial charge in [-0.15, -0.1) is 0 Å². The Bertz CT molecular complexity index is 454. The summed E-state index contributed by atoms with van der Waals surface area (Å²) in [4.78, 5) is 9.71. The third-order valence-electron chi connectivity index (χ3n) is 4.53. The van der Waals surface area contributed by atoms with Gasteiger partial charge >= 0.3 is 0 Å². The lowest BCUT2D eigenvalue weighted by atomic mass is 9.80. The number of hydrogen-bond acceptors (Lipinski definition) is 3. The lowest BCUT2D eigenvalue weighted by Gasteiger charge is -2.28. The van der Waals surface area contributed by atoms with Crippen LogP contribution in [0.2, 0.25) is 0 Å². The van der Waals surface area contributed by atoms with Crippen LogP contribution in [0.3, 0.4) is 0 Å². The van der Waals surface area contributed by atoms with Gasteiger partial charge in [-0.1, -0.05) is 26.7 Å². The molecule has 1 N–H and O–H groups in total. The van der Waals surface area contributed by atoms with Gasteiger partial charge in [0.15, 0.2) is 0 Å². The predicted molar refractivity (Wildman–Crippen MR) is 97.9 cm³/mol. The number of nitrogens with one attached hydrogen (secondary N) is 1. The smallest absolute Gasteiger partial charge is 0.143 e. The Morgan fingerprint density at radius 1 is 1.10 bits per heavy atom. The van der Waals surface area contributed by atoms with Gasteiger partial charge < -0.3 is 5.32 Å². The van der Waals surface area contributed by atoms with Crippen molar-refractivity contribution >= 4 is 28.4 Å². The van der Waals surface area contributed by atoms with Crippen molar-refractivity contribution in [2.75, 3.05) is 11.9 Å². The van der Waals surface area contributed by atoms with E-state index in [4.69, 9.17) is 9.97 Å². The Kier molecular flexibility index (Phi) is 6.71. The summed E-state index contributed by atoms with van der Waals surface area (Å²) >= 11 is 2.38. The second-order valence-electron chi connectivity index (χ2n) is 6.08. The molecule has 0 unspecified atom stereocenters. The molecule has 0 aliphatic heterocycles. The van der Waals surface area contributed by atoms with E-state index >= 15 is 0 Å². The van der Waals surface area contributed by atoms with Crippen molar-refractivity contribution in [2.24, 2.45) is 5.92 Å². The van der Waals surface area contributed by atoms with Crippen molar-refractivity contribution < 1.29 is 0 Å². The van der Waals surface area contributed by atoms with Crippen molar-refractivity contribution in [2.45, 2.75) is 71.6 Å². The summed E-state index contributed by atoms with van der Waals surface area (Å²) in [6, 6.07) is 0. The van der Waals surface area contributed by atoms with Gasteiger partial charge in [-0.2, -0.15) is 0 Å². The quantitative estimate of drug-likeness (QED) is 0.670. The van der Waals surface area contributed by atoms with Gasteiger partial charge in [0.05, 0.1) is 9.26 Å². The summed E-state index contributed by atoms with van der Waals surface area (Å²) in [5, 5.41) is 3.40. The average molecular weight is 401 g/mol. The molecule has 118 valence electrons. The highest BCUT2D eigenvalue weighted by Gasteiger charge is 2.25. The molecule has 21 heavy (non-hydrogen) atoms. The van der Waals surface area contributed by atoms with E-state index in [9.17, 15) is 0 Å². The molecule has 1 aromatic heterocycles. The van der Waals surface area contributed by atoms with Crippen LogP contribution < -0.4 is 5.32 Å². The van der Waals surface area contributed by atoms with E-state index in [1.807, 2.05) is 0 Å². The van der Waals surface area contributed by atoms with Gasteiger partial charge in [-0.3, -0.25) is 0 Å². The van der Waals surface area contributed by atoms with E-state index in [0.29, 0.717) is 5.92 Å². The van der Waals surface area contributed by atoms with Crippen molar-refractivity contribution in [1.29, 1.82) is 0 Å². The fraction of sp³-hybridized carbons (Fsp3) is 0.765. The number of hydrogen-bond donors (Lipinski definition) is 1. The number of aromatic nitrogens is 2. The topological polar surface area (TPSA) is 37.8 Å². The van der Waals surface area contributed by atoms with Crippen LogP contribution in [-0.4, -0.2) is 16.5 Å². The standard InChI is InChI=1S/C17H28IN3/c1-4-7-12-8-10-13(11-9-12)16-20-14(5-2)15(18)17(21-16)19-6-3/h12-13H,4-11H2,1-3H3,(H,19,20,21). The van der Waals surface area contributed by atoms with Crippen molar-refractivity contribution in [3.05, 3.63) is 15.1 Å². The Morgan fingerprint density at radius 2 is 1.81 bits per heavy atom. The normalized spacial score (nSPS) is 22.3. The molecule has 0 saturated heterocycles. The van der Waals surface area contributed by atoms with Crippen molar-refractivity contribution in [3.8, 4) is 0 Å². The first-order chi connectivity index (χ1) is 10.2. The number of rotatable bonds is 6. The molecule has 2 rings (SSSR count). The molecule has 3 nitrogen and oxygen atoms in total. The molecule has 1 fully saturated rings. The molecular weight excluding hydrogens is 373 g/mol. The fourth-order valence-corrected chi connectivity index (χ4v) is 4.14. The number of anilines is 1. The van der Waals surface area contributed by atoms with Crippen LogP contribution in [0.5, 0.6) is 0 Å². The third-order valence-corrected chi connectivity index (χ3v) is 5.66. The molecule has 0 amide bonds. The molecule has 1 saturated carbocycles. The summed E-state index contributed by atoms with van der Waals surface area (Å²) in [5.41, 5.74) is 1.20. The molecule has 1 aliphatic rings. The number of aryl methyl sites for hydroxylation is 1. The van der Waals surface area contributed by atoms with Crippen molar-refractivity contribution in [1.82, 2.24) is 9.97 Å². The lowest BCUT2D eigenvalue weighted by Crippen LogP contribution is -2.17. The molecule has 1 heterocycles. The zero-order chi connectivity index (χ0) is 15.2. The summed E-state index contributed by atoms with van der Waals surface area (Å²) < 4.78 is 1.19. The molecule has 0 radical (unpaired) electrons. The fourth-order valence-electron chi connectivity index (χ4n) is 3.33. The van der Waals surface area contributed by atoms with Crippen LogP contribution in [-0.2, 0) is 6.42 Å². The number of halogens is 1. The second kappa shape index (κ2) is 8.30. The van der Waals surface area contributed by atoms with Crippen LogP contribution in [0.1, 0.15) is 76.7 Å². The first kappa shape index (κ1) is 17.0. The summed E-state index contributed by atoms with van der Waals surface area (Å²) in [6.45, 7) is 7.52. The number of nitrogens with zero attached hydrogens (tertiary/aromatic N) is 2. The highest BCUT2D eigenvalue weighted by Crippen LogP contribution is 2.37. The van der Waals surface area contributed by atoms with Gasteiger partial charge in [-0.25, -0.2) is 9.97 Å². The maximum Gasteiger partial charge on any atom is 0.143 e. The molecule has 0 atom stereocenters. The van der Waals surface area contributed by atoms with Gasteiger partial charge in [0.2, 0.25) is 0 Å². The highest BCUT2D eigenvalue weighted by atomic mass is 127. The minimum Gasteiger partial charge on any atom is -0.369 e. The SMILES string of the molecule is CCCC1CCC(c2nc(CC)c(I)c(NCC)n2)CC1. The van der Waals surface area contributed by atoms with E-state index in [1.54, 1.807) is 0 Å². The Hall–Kier alpha value is -0.390. The molecule has 4 heteroatoms. The van der Waals surface area contributed by atoms with Crippen molar-refractivity contribution in [3.63, 3.8) is 0 Å². The second-order valence-corrected chi connectivity index (χ2v) is 7.16. The zero-order valence-corrected chi connectivity index (χ0v) is 15.7. The lowest BCUT2D eigenvalue weighted by molar-refractivity contribution is 0.302. The van der Waals surface area contributed by atoms with Crippen LogP contribution in [0.15, 0.2) is 0 Å². The van der Waals surface area contributed by atoms with E-state index in [1.165, 1.54) is 47.8 Å². The van der Waals surface area contributed by atoms with Crippen LogP contribution in [0.25, 0.3) is 0 Å². The molecule has 1 aliphatic carbocycles. The maximum atomic E-state index is 4.87. The highest BCUT2D eigenvalue weighted by molar-refractivity contribution is 14.1. The largest absolute Gasteiger partial charge is 0.369 e. The summed E-state index contributed by atoms with van der Waals surface area (Å²) in [7, 11) is 0. The minimum absolute atomic E-state index is 0.567. The molecule has 0 aromatic carbocycles. The predicted octanol–water partition coefficient (Wildman–Crippen LogP) is 5.15. The van der Waals surface area contributed by atoms with Gasteiger partial charge in [-0.05, 0) is 67.5 Å². The first-order valence-corrected chi connectivity index (χ1v) is 9.57. The van der Waals surface area contributed by atoms with Gasteiger partial charge in [0.25, 0.3) is 0 Å². The van der Waals surface area contributed by atoms with Crippen LogP contribution in [0, 0.1) is 9.49 Å². The molecule has 0 bridgehead atoms. The summed E-state index contributed by atoms with van der Waals surface area (Å²) in [6.07, 6.45) is 8.93. The molecular formula is C17H28IN3. The van der Waals surface area contributed by atoms with E-state index in [-0.39, 0.29) is 0 Å². The maximum absolute atomic E-state index is 4.87. The third kappa shape index (κ3) is 4.30. The van der Waals surface area contributed by atoms with Crippen LogP contribution in [0.4, 0.5) is 5.82 Å². The Balaban J connectivity index is 2.14. The van der Waals surface area contributed by atoms with Crippen LogP contribution >= 0.6 is 22.6 Å². The average Bonchev–Trinajstić information content (AvgIpc) is 2.51. The Morgan fingerprint density at radius 3 is 2.38 bits per heavy atom. The van der Waals surface area contributed by atoms with Gasteiger partial charge in [0, 0.05) is 12.5 Å². The summed E-state index contributed by atoms with van der Waals surface area (Å²) in [5.74, 6) is 3.63. The Labute approximate surface area is 142 Å².